The Morgan fingerprint density at radius 2 is 2.07 bits per heavy atom. The van der Waals surface area contributed by atoms with Gasteiger partial charge in [0.2, 0.25) is 12.3 Å². The SMILES string of the molecule is CNC(=O)C(CCC=O)N(C=O)Cc1c(C)cccc1CCCCCN1CCC(C#N)(C2(C)C=CC(OC3CCOC3)=CC2)CC1. The van der Waals surface area contributed by atoms with Crippen LogP contribution in [0.25, 0.3) is 0 Å². The predicted octanol–water partition coefficient (Wildman–Crippen LogP) is 5.02. The molecule has 250 valence electrons. The van der Waals surface area contributed by atoms with Crippen molar-refractivity contribution in [3.8, 4) is 6.07 Å². The van der Waals surface area contributed by atoms with E-state index in [2.05, 4.69) is 47.5 Å². The van der Waals surface area contributed by atoms with Crippen LogP contribution in [0.15, 0.2) is 42.2 Å². The summed E-state index contributed by atoms with van der Waals surface area (Å²) in [6.45, 7) is 8.91. The first-order chi connectivity index (χ1) is 22.3. The number of nitriles is 1. The van der Waals surface area contributed by atoms with E-state index in [9.17, 15) is 19.6 Å². The van der Waals surface area contributed by atoms with Crippen molar-refractivity contribution in [2.45, 2.75) is 96.7 Å². The largest absolute Gasteiger partial charge is 0.488 e. The number of nitrogens with zero attached hydrogens (tertiary/aromatic N) is 3. The molecule has 2 saturated heterocycles. The van der Waals surface area contributed by atoms with Crippen LogP contribution in [0.3, 0.4) is 0 Å². The maximum Gasteiger partial charge on any atom is 0.242 e. The van der Waals surface area contributed by atoms with E-state index >= 15 is 0 Å². The van der Waals surface area contributed by atoms with E-state index in [1.54, 1.807) is 7.05 Å². The molecule has 1 aromatic carbocycles. The van der Waals surface area contributed by atoms with Gasteiger partial charge >= 0.3 is 0 Å². The average Bonchev–Trinajstić information content (AvgIpc) is 3.59. The molecule has 9 nitrogen and oxygen atoms in total. The van der Waals surface area contributed by atoms with E-state index in [-0.39, 0.29) is 29.3 Å². The van der Waals surface area contributed by atoms with Gasteiger partial charge in [-0.3, -0.25) is 9.59 Å². The summed E-state index contributed by atoms with van der Waals surface area (Å²) >= 11 is 0. The minimum Gasteiger partial charge on any atom is -0.488 e. The third kappa shape index (κ3) is 8.65. The lowest BCUT2D eigenvalue weighted by atomic mass is 9.58. The molecule has 3 atom stereocenters. The van der Waals surface area contributed by atoms with Gasteiger partial charge in [0.1, 0.15) is 24.2 Å². The first kappa shape index (κ1) is 35.4. The van der Waals surface area contributed by atoms with Crippen LogP contribution in [-0.2, 0) is 36.8 Å². The number of unbranched alkanes of at least 4 members (excludes halogenated alkanes) is 2. The third-order valence-corrected chi connectivity index (χ3v) is 10.5. The number of carbonyl (C=O) groups excluding carboxylic acids is 3. The lowest BCUT2D eigenvalue weighted by Crippen LogP contribution is -2.47. The van der Waals surface area contributed by atoms with Gasteiger partial charge < -0.3 is 29.4 Å². The number of amides is 2. The highest BCUT2D eigenvalue weighted by Gasteiger charge is 2.49. The van der Waals surface area contributed by atoms with Crippen LogP contribution in [0.2, 0.25) is 0 Å². The lowest BCUT2D eigenvalue weighted by molar-refractivity contribution is -0.133. The number of allylic oxidation sites excluding steroid dienone is 3. The smallest absolute Gasteiger partial charge is 0.242 e. The molecule has 1 aromatic rings. The molecule has 9 heteroatoms. The van der Waals surface area contributed by atoms with Crippen LogP contribution < -0.4 is 5.32 Å². The number of benzene rings is 1. The summed E-state index contributed by atoms with van der Waals surface area (Å²) in [4.78, 5) is 39.6. The molecule has 0 saturated carbocycles. The number of likely N-dealkylation sites (N-methyl/N-ethyl adjacent to an activating group) is 1. The number of ether oxygens (including phenoxy) is 2. The minimum absolute atomic E-state index is 0.132. The molecule has 1 aliphatic carbocycles. The summed E-state index contributed by atoms with van der Waals surface area (Å²) in [5.74, 6) is 0.643. The van der Waals surface area contributed by atoms with Crippen molar-refractivity contribution < 1.29 is 23.9 Å². The number of rotatable bonds is 17. The molecule has 0 aromatic heterocycles. The molecule has 2 fully saturated rings. The number of carbonyl (C=O) groups is 3. The van der Waals surface area contributed by atoms with E-state index in [1.807, 2.05) is 19.1 Å². The first-order valence-corrected chi connectivity index (χ1v) is 17.0. The summed E-state index contributed by atoms with van der Waals surface area (Å²) in [6.07, 6.45) is 16.2. The van der Waals surface area contributed by atoms with Crippen LogP contribution >= 0.6 is 0 Å². The Morgan fingerprint density at radius 3 is 2.70 bits per heavy atom. The van der Waals surface area contributed by atoms with Crippen LogP contribution in [-0.4, -0.2) is 80.4 Å². The topological polar surface area (TPSA) is 112 Å². The van der Waals surface area contributed by atoms with Crippen LogP contribution in [0, 0.1) is 29.1 Å². The molecule has 4 rings (SSSR count). The summed E-state index contributed by atoms with van der Waals surface area (Å²) < 4.78 is 11.5. The molecular weight excluding hydrogens is 580 g/mol. The second-order valence-corrected chi connectivity index (χ2v) is 13.4. The second-order valence-electron chi connectivity index (χ2n) is 13.4. The molecule has 2 aliphatic heterocycles. The Kier molecular flexibility index (Phi) is 13.0. The van der Waals surface area contributed by atoms with Crippen molar-refractivity contribution in [2.24, 2.45) is 10.8 Å². The fourth-order valence-electron chi connectivity index (χ4n) is 7.22. The quantitative estimate of drug-likeness (QED) is 0.190. The van der Waals surface area contributed by atoms with Crippen LogP contribution in [0.4, 0.5) is 0 Å². The maximum absolute atomic E-state index is 12.5. The van der Waals surface area contributed by atoms with Gasteiger partial charge in [0.05, 0.1) is 24.7 Å². The molecule has 0 spiro atoms. The minimum atomic E-state index is -0.679. The van der Waals surface area contributed by atoms with Gasteiger partial charge in [-0.15, -0.1) is 0 Å². The van der Waals surface area contributed by atoms with Crippen molar-refractivity contribution in [1.29, 1.82) is 5.26 Å². The van der Waals surface area contributed by atoms with Gasteiger partial charge in [0.15, 0.2) is 0 Å². The highest BCUT2D eigenvalue weighted by molar-refractivity contribution is 5.83. The normalized spacial score (nSPS) is 23.2. The van der Waals surface area contributed by atoms with Crippen LogP contribution in [0.5, 0.6) is 0 Å². The number of likely N-dealkylation sites (tertiary alicyclic amines) is 1. The zero-order chi connectivity index (χ0) is 33.0. The Hall–Kier alpha value is -3.48. The highest BCUT2D eigenvalue weighted by atomic mass is 16.5. The molecule has 3 aliphatic rings. The number of hydrogen-bond donors (Lipinski definition) is 1. The Balaban J connectivity index is 1.24. The van der Waals surface area contributed by atoms with E-state index in [0.717, 1.165) is 107 Å². The maximum atomic E-state index is 12.5. The summed E-state index contributed by atoms with van der Waals surface area (Å²) in [6, 6.07) is 8.28. The van der Waals surface area contributed by atoms with Crippen molar-refractivity contribution in [1.82, 2.24) is 15.1 Å². The fourth-order valence-corrected chi connectivity index (χ4v) is 7.22. The van der Waals surface area contributed by atoms with Crippen molar-refractivity contribution in [3.05, 3.63) is 58.9 Å². The number of aldehydes is 1. The summed E-state index contributed by atoms with van der Waals surface area (Å²) in [7, 11) is 1.55. The number of nitrogens with one attached hydrogen (secondary N) is 1. The van der Waals surface area contributed by atoms with E-state index in [1.165, 1.54) is 10.5 Å². The lowest BCUT2D eigenvalue weighted by Gasteiger charge is -2.48. The van der Waals surface area contributed by atoms with Crippen LogP contribution in [0.1, 0.15) is 81.4 Å². The van der Waals surface area contributed by atoms with Crippen molar-refractivity contribution >= 4 is 18.6 Å². The molecule has 46 heavy (non-hydrogen) atoms. The molecule has 2 amide bonds. The van der Waals surface area contributed by atoms with E-state index in [4.69, 9.17) is 9.47 Å². The molecule has 0 radical (unpaired) electrons. The van der Waals surface area contributed by atoms with E-state index in [0.29, 0.717) is 19.6 Å². The summed E-state index contributed by atoms with van der Waals surface area (Å²) in [5, 5.41) is 13.0. The standard InChI is InChI=1S/C37H52N4O5/c1-29-9-7-11-30(33(29)25-41(28-43)34(12-8-23-42)35(44)39-3)10-5-4-6-20-40-21-18-37(27-38,19-22-40)36(2)16-13-31(14-17-36)46-32-15-24-45-26-32/h7,9,11,13-14,16,23,28,32,34H,4-6,8,10,12,15,17-22,24-26H2,1-3H3,(H,39,44). The molecular formula is C37H52N4O5. The molecule has 2 heterocycles. The zero-order valence-electron chi connectivity index (χ0n) is 28.0. The number of piperidine rings is 1. The Morgan fingerprint density at radius 1 is 1.26 bits per heavy atom. The first-order valence-electron chi connectivity index (χ1n) is 17.0. The van der Waals surface area contributed by atoms with Crippen molar-refractivity contribution in [2.75, 3.05) is 39.9 Å². The monoisotopic (exact) mass is 632 g/mol. The highest BCUT2D eigenvalue weighted by Crippen LogP contribution is 2.52. The third-order valence-electron chi connectivity index (χ3n) is 10.5. The number of aryl methyl sites for hydroxylation is 2. The average molecular weight is 633 g/mol. The molecule has 3 unspecified atom stereocenters. The number of hydrogen-bond acceptors (Lipinski definition) is 7. The fraction of sp³-hybridized carbons (Fsp3) is 0.622. The van der Waals surface area contributed by atoms with Gasteiger partial charge in [-0.1, -0.05) is 37.6 Å². The summed E-state index contributed by atoms with van der Waals surface area (Å²) in [5.41, 5.74) is 2.79. The Bertz CT molecular complexity index is 1290. The van der Waals surface area contributed by atoms with Gasteiger partial charge in [-0.05, 0) is 100 Å². The Labute approximate surface area is 275 Å². The zero-order valence-corrected chi connectivity index (χ0v) is 28.0. The van der Waals surface area contributed by atoms with E-state index < -0.39 is 6.04 Å². The predicted molar refractivity (Wildman–Crippen MR) is 177 cm³/mol. The molecule has 0 bridgehead atoms. The van der Waals surface area contributed by atoms with Crippen molar-refractivity contribution in [3.63, 3.8) is 0 Å². The molecule has 1 N–H and O–H groups in total. The van der Waals surface area contributed by atoms with Gasteiger partial charge in [0.25, 0.3) is 0 Å². The van der Waals surface area contributed by atoms with Gasteiger partial charge in [-0.25, -0.2) is 0 Å². The van der Waals surface area contributed by atoms with Gasteiger partial charge in [0, 0.05) is 31.8 Å². The van der Waals surface area contributed by atoms with Gasteiger partial charge in [-0.2, -0.15) is 5.26 Å². The second kappa shape index (κ2) is 16.9.